The molecule has 2 fully saturated rings. The zero-order valence-electron chi connectivity index (χ0n) is 15.3. The van der Waals surface area contributed by atoms with E-state index in [-0.39, 0.29) is 18.3 Å². The van der Waals surface area contributed by atoms with Crippen LogP contribution in [0.4, 0.5) is 0 Å². The maximum Gasteiger partial charge on any atom is 0.490 e. The van der Waals surface area contributed by atoms with E-state index in [9.17, 15) is 0 Å². The fraction of sp³-hybridized carbons (Fsp3) is 0.600. The summed E-state index contributed by atoms with van der Waals surface area (Å²) in [5, 5.41) is 0. The van der Waals surface area contributed by atoms with Gasteiger partial charge in [-0.15, -0.1) is 0 Å². The molecule has 0 unspecified atom stereocenters. The molecule has 4 heteroatoms. The van der Waals surface area contributed by atoms with Gasteiger partial charge in [0.15, 0.2) is 0 Å². The van der Waals surface area contributed by atoms with E-state index in [2.05, 4.69) is 69.0 Å². The van der Waals surface area contributed by atoms with Gasteiger partial charge in [0.05, 0.1) is 11.2 Å². The Kier molecular flexibility index (Phi) is 3.90. The molecule has 128 valence electrons. The van der Waals surface area contributed by atoms with Crippen molar-refractivity contribution < 1.29 is 9.31 Å². The summed E-state index contributed by atoms with van der Waals surface area (Å²) in [5.41, 5.74) is 2.25. The summed E-state index contributed by atoms with van der Waals surface area (Å²) in [4.78, 5) is 2.66. The van der Waals surface area contributed by atoms with Crippen molar-refractivity contribution >= 4 is 7.12 Å². The molecule has 3 aliphatic rings. The average Bonchev–Trinajstić information content (AvgIpc) is 2.89. The summed E-state index contributed by atoms with van der Waals surface area (Å²) >= 11 is 0. The summed E-state index contributed by atoms with van der Waals surface area (Å²) in [5.74, 6) is 0. The van der Waals surface area contributed by atoms with Gasteiger partial charge in [-0.3, -0.25) is 4.90 Å². The minimum Gasteiger partial charge on any atom is -0.400 e. The first-order valence-electron chi connectivity index (χ1n) is 9.22. The van der Waals surface area contributed by atoms with Gasteiger partial charge >= 0.3 is 7.12 Å². The lowest BCUT2D eigenvalue weighted by molar-refractivity contribution is 0.00578. The van der Waals surface area contributed by atoms with Crippen LogP contribution in [0.15, 0.2) is 41.9 Å². The molecule has 3 aliphatic heterocycles. The van der Waals surface area contributed by atoms with Crippen LogP contribution in [0.2, 0.25) is 0 Å². The van der Waals surface area contributed by atoms with E-state index < -0.39 is 0 Å². The molecule has 1 aromatic rings. The third-order valence-corrected chi connectivity index (χ3v) is 6.33. The highest BCUT2D eigenvalue weighted by Crippen LogP contribution is 2.43. The summed E-state index contributed by atoms with van der Waals surface area (Å²) < 4.78 is 12.5. The van der Waals surface area contributed by atoms with Crippen LogP contribution in [0.25, 0.3) is 0 Å². The highest BCUT2D eigenvalue weighted by Gasteiger charge is 2.53. The fourth-order valence-electron chi connectivity index (χ4n) is 4.16. The summed E-state index contributed by atoms with van der Waals surface area (Å²) in [6.45, 7) is 9.57. The molecule has 3 heterocycles. The predicted octanol–water partition coefficient (Wildman–Crippen LogP) is 3.98. The molecule has 0 aromatic heterocycles. The molecule has 0 N–H and O–H groups in total. The first-order chi connectivity index (χ1) is 11.4. The first kappa shape index (κ1) is 16.4. The number of rotatable bonds is 3. The van der Waals surface area contributed by atoms with Crippen molar-refractivity contribution in [1.82, 2.24) is 4.90 Å². The van der Waals surface area contributed by atoms with Crippen LogP contribution in [0.5, 0.6) is 0 Å². The summed E-state index contributed by atoms with van der Waals surface area (Å²) in [6.07, 6.45) is 6.02. The zero-order chi connectivity index (χ0) is 16.9. The molecular weight excluding hydrogens is 297 g/mol. The monoisotopic (exact) mass is 325 g/mol. The predicted molar refractivity (Wildman–Crippen MR) is 97.6 cm³/mol. The summed E-state index contributed by atoms with van der Waals surface area (Å²) in [6, 6.07) is 12.0. The minimum atomic E-state index is -0.251. The van der Waals surface area contributed by atoms with Crippen molar-refractivity contribution in [3.8, 4) is 0 Å². The van der Waals surface area contributed by atoms with Gasteiger partial charge < -0.3 is 9.31 Å². The Morgan fingerprint density at radius 1 is 1.04 bits per heavy atom. The normalized spacial score (nSPS) is 31.3. The van der Waals surface area contributed by atoms with Gasteiger partial charge in [0.25, 0.3) is 0 Å². The van der Waals surface area contributed by atoms with E-state index in [4.69, 9.17) is 9.31 Å². The second-order valence-corrected chi connectivity index (χ2v) is 8.49. The first-order valence-corrected chi connectivity index (χ1v) is 9.22. The number of fused-ring (bicyclic) bond motifs is 2. The molecule has 3 nitrogen and oxygen atoms in total. The van der Waals surface area contributed by atoms with Gasteiger partial charge in [-0.2, -0.15) is 0 Å². The molecule has 24 heavy (non-hydrogen) atoms. The van der Waals surface area contributed by atoms with Crippen molar-refractivity contribution in [1.29, 1.82) is 0 Å². The standard InChI is InChI=1S/C20H28BNO2/c1-19(2)20(3,4)24-21(23-19)16-12-17-10-11-18(13-16)22(17)14-15-8-6-5-7-9-15/h5-9,12,17-18H,10-11,13-14H2,1-4H3/t17-,18-/m0/s1. The molecule has 0 spiro atoms. The van der Waals surface area contributed by atoms with E-state index in [0.29, 0.717) is 12.1 Å². The molecule has 0 saturated carbocycles. The minimum absolute atomic E-state index is 0.169. The molecule has 2 saturated heterocycles. The third kappa shape index (κ3) is 2.75. The fourth-order valence-corrected chi connectivity index (χ4v) is 4.16. The SMILES string of the molecule is CC1(C)OB(C2=C[C@@H]3CC[C@@H](C2)N3Cc2ccccc2)OC1(C)C. The third-order valence-electron chi connectivity index (χ3n) is 6.33. The van der Waals surface area contributed by atoms with Crippen LogP contribution in [-0.4, -0.2) is 35.3 Å². The van der Waals surface area contributed by atoms with Gasteiger partial charge in [0.1, 0.15) is 0 Å². The number of benzene rings is 1. The largest absolute Gasteiger partial charge is 0.490 e. The quantitative estimate of drug-likeness (QED) is 0.785. The highest BCUT2D eigenvalue weighted by molar-refractivity contribution is 6.54. The van der Waals surface area contributed by atoms with Crippen LogP contribution in [-0.2, 0) is 15.9 Å². The van der Waals surface area contributed by atoms with Crippen molar-refractivity contribution in [3.05, 3.63) is 47.4 Å². The Morgan fingerprint density at radius 2 is 1.71 bits per heavy atom. The lowest BCUT2D eigenvalue weighted by atomic mass is 9.73. The molecule has 2 atom stereocenters. The van der Waals surface area contributed by atoms with E-state index in [1.54, 1.807) is 0 Å². The van der Waals surface area contributed by atoms with Crippen LogP contribution in [0.1, 0.15) is 52.5 Å². The van der Waals surface area contributed by atoms with Gasteiger partial charge in [-0.1, -0.05) is 36.4 Å². The Bertz CT molecular complexity index is 624. The molecule has 2 bridgehead atoms. The second-order valence-electron chi connectivity index (χ2n) is 8.49. The maximum atomic E-state index is 6.27. The molecular formula is C20H28BNO2. The van der Waals surface area contributed by atoms with Crippen molar-refractivity contribution in [2.45, 2.75) is 76.8 Å². The van der Waals surface area contributed by atoms with Crippen molar-refractivity contribution in [2.75, 3.05) is 0 Å². The molecule has 0 radical (unpaired) electrons. The van der Waals surface area contributed by atoms with Gasteiger partial charge in [0, 0.05) is 18.6 Å². The van der Waals surface area contributed by atoms with Gasteiger partial charge in [-0.05, 0) is 58.0 Å². The smallest absolute Gasteiger partial charge is 0.400 e. The Balaban J connectivity index is 1.51. The van der Waals surface area contributed by atoms with Crippen LogP contribution < -0.4 is 0 Å². The van der Waals surface area contributed by atoms with E-state index >= 15 is 0 Å². The van der Waals surface area contributed by atoms with Crippen molar-refractivity contribution in [3.63, 3.8) is 0 Å². The Hall–Kier alpha value is -1.10. The topological polar surface area (TPSA) is 21.7 Å². The Morgan fingerprint density at radius 3 is 2.33 bits per heavy atom. The molecule has 0 amide bonds. The number of hydrogen-bond donors (Lipinski definition) is 0. The van der Waals surface area contributed by atoms with Crippen molar-refractivity contribution in [2.24, 2.45) is 0 Å². The van der Waals surface area contributed by atoms with Gasteiger partial charge in [-0.25, -0.2) is 0 Å². The van der Waals surface area contributed by atoms with E-state index in [1.807, 2.05) is 0 Å². The summed E-state index contributed by atoms with van der Waals surface area (Å²) in [7, 11) is -0.169. The number of nitrogens with zero attached hydrogens (tertiary/aromatic N) is 1. The van der Waals surface area contributed by atoms with Crippen LogP contribution >= 0.6 is 0 Å². The Labute approximate surface area is 146 Å². The molecule has 4 rings (SSSR count). The molecule has 1 aromatic carbocycles. The molecule has 0 aliphatic carbocycles. The van der Waals surface area contributed by atoms with Crippen LogP contribution in [0, 0.1) is 0 Å². The maximum absolute atomic E-state index is 6.27. The highest BCUT2D eigenvalue weighted by atomic mass is 16.7. The average molecular weight is 325 g/mol. The van der Waals surface area contributed by atoms with Crippen LogP contribution in [0.3, 0.4) is 0 Å². The van der Waals surface area contributed by atoms with Gasteiger partial charge in [0.2, 0.25) is 0 Å². The lowest BCUT2D eigenvalue weighted by Gasteiger charge is -2.34. The second kappa shape index (κ2) is 5.72. The van der Waals surface area contributed by atoms with E-state index in [0.717, 1.165) is 13.0 Å². The lowest BCUT2D eigenvalue weighted by Crippen LogP contribution is -2.41. The van der Waals surface area contributed by atoms with E-state index in [1.165, 1.54) is 23.9 Å². The number of hydrogen-bond acceptors (Lipinski definition) is 3. The zero-order valence-corrected chi connectivity index (χ0v) is 15.3.